The Balaban J connectivity index is 1.97. The number of anilines is 1. The van der Waals surface area contributed by atoms with E-state index in [0.29, 0.717) is 28.1 Å². The van der Waals surface area contributed by atoms with E-state index in [1.807, 2.05) is 0 Å². The van der Waals surface area contributed by atoms with Gasteiger partial charge in [-0.25, -0.2) is 14.6 Å². The largest absolute Gasteiger partial charge is 0.490 e. The molecule has 2 amide bonds. The zero-order valence-corrected chi connectivity index (χ0v) is 19.6. The topological polar surface area (TPSA) is 115 Å². The number of esters is 1. The third-order valence-corrected chi connectivity index (χ3v) is 4.43. The van der Waals surface area contributed by atoms with Crippen LogP contribution in [0.25, 0.3) is 0 Å². The number of para-hydroxylation sites is 1. The first-order valence-electron chi connectivity index (χ1n) is 9.95. The summed E-state index contributed by atoms with van der Waals surface area (Å²) in [5.74, 6) is -1.81. The van der Waals surface area contributed by atoms with Gasteiger partial charge in [0, 0.05) is 0 Å². The van der Waals surface area contributed by atoms with Crippen LogP contribution in [0.1, 0.15) is 25.8 Å². The van der Waals surface area contributed by atoms with E-state index in [0.717, 1.165) is 0 Å². The molecule has 0 bridgehead atoms. The average molecular weight is 524 g/mol. The van der Waals surface area contributed by atoms with Crippen molar-refractivity contribution in [2.45, 2.75) is 20.3 Å². The number of nitrogens with zero attached hydrogens (tertiary/aromatic N) is 1. The molecule has 11 heteroatoms. The fourth-order valence-electron chi connectivity index (χ4n) is 2.52. The van der Waals surface area contributed by atoms with Crippen LogP contribution < -0.4 is 20.2 Å². The fourth-order valence-corrected chi connectivity index (χ4v) is 3.09. The molecule has 0 unspecified atom stereocenters. The standard InChI is InChI=1S/C22H23BrFN3O6/c1-3-31-18-10-14(9-15(23)22(18)33-13-21(30)32-4-2)12-25-27-20(29)11-19(28)26-17-8-6-5-7-16(17)24/h5-10,12H,3-4,11,13H2,1-2H3,(H,26,28)(H,27,29). The second-order valence-corrected chi connectivity index (χ2v) is 7.21. The monoisotopic (exact) mass is 523 g/mol. The molecule has 2 N–H and O–H groups in total. The minimum Gasteiger partial charge on any atom is -0.490 e. The van der Waals surface area contributed by atoms with Crippen molar-refractivity contribution < 1.29 is 33.0 Å². The van der Waals surface area contributed by atoms with Crippen molar-refractivity contribution in [3.63, 3.8) is 0 Å². The van der Waals surface area contributed by atoms with Crippen molar-refractivity contribution in [2.24, 2.45) is 5.10 Å². The number of halogens is 2. The number of nitrogens with one attached hydrogen (secondary N) is 2. The molecule has 0 fully saturated rings. The second kappa shape index (κ2) is 13.2. The molecule has 0 aliphatic carbocycles. The Bertz CT molecular complexity index is 1030. The quantitative estimate of drug-likeness (QED) is 0.202. The predicted octanol–water partition coefficient (Wildman–Crippen LogP) is 3.41. The number of hydrogen-bond acceptors (Lipinski definition) is 7. The van der Waals surface area contributed by atoms with Gasteiger partial charge in [-0.3, -0.25) is 9.59 Å². The summed E-state index contributed by atoms with van der Waals surface area (Å²) in [6, 6.07) is 8.88. The first-order valence-corrected chi connectivity index (χ1v) is 10.7. The van der Waals surface area contributed by atoms with Crippen molar-refractivity contribution in [1.29, 1.82) is 0 Å². The molecule has 0 radical (unpaired) electrons. The number of carbonyl (C=O) groups excluding carboxylic acids is 3. The Morgan fingerprint density at radius 2 is 1.85 bits per heavy atom. The van der Waals surface area contributed by atoms with Crippen molar-refractivity contribution in [3.8, 4) is 11.5 Å². The van der Waals surface area contributed by atoms with E-state index < -0.39 is 30.0 Å². The van der Waals surface area contributed by atoms with Crippen LogP contribution >= 0.6 is 15.9 Å². The number of carbonyl (C=O) groups is 3. The minimum absolute atomic E-state index is 0.0163. The van der Waals surface area contributed by atoms with Gasteiger partial charge in [-0.15, -0.1) is 0 Å². The van der Waals surface area contributed by atoms with Crippen molar-refractivity contribution in [3.05, 3.63) is 52.3 Å². The Kier molecular flexibility index (Phi) is 10.3. The first kappa shape index (κ1) is 25.8. The highest BCUT2D eigenvalue weighted by Gasteiger charge is 2.15. The van der Waals surface area contributed by atoms with E-state index >= 15 is 0 Å². The van der Waals surface area contributed by atoms with Crippen LogP contribution in [0.3, 0.4) is 0 Å². The Labute approximate surface area is 198 Å². The molecule has 2 aromatic rings. The molecule has 0 aliphatic rings. The average Bonchev–Trinajstić information content (AvgIpc) is 2.75. The number of hydrazone groups is 1. The lowest BCUT2D eigenvalue weighted by atomic mass is 10.2. The van der Waals surface area contributed by atoms with Gasteiger partial charge in [0.05, 0.1) is 29.6 Å². The summed E-state index contributed by atoms with van der Waals surface area (Å²) < 4.78 is 30.0. The molecule has 0 heterocycles. The summed E-state index contributed by atoms with van der Waals surface area (Å²) in [4.78, 5) is 35.4. The Morgan fingerprint density at radius 1 is 1.09 bits per heavy atom. The van der Waals surface area contributed by atoms with Gasteiger partial charge in [0.15, 0.2) is 18.1 Å². The second-order valence-electron chi connectivity index (χ2n) is 6.35. The number of ether oxygens (including phenoxy) is 3. The first-order chi connectivity index (χ1) is 15.8. The minimum atomic E-state index is -0.683. The lowest BCUT2D eigenvalue weighted by Gasteiger charge is -2.14. The Hall–Kier alpha value is -3.47. The van der Waals surface area contributed by atoms with Gasteiger partial charge in [-0.2, -0.15) is 5.10 Å². The van der Waals surface area contributed by atoms with Gasteiger partial charge in [0.25, 0.3) is 0 Å². The highest BCUT2D eigenvalue weighted by atomic mass is 79.9. The summed E-state index contributed by atoms with van der Waals surface area (Å²) >= 11 is 3.36. The summed E-state index contributed by atoms with van der Waals surface area (Å²) in [5.41, 5.74) is 2.76. The molecule has 0 saturated heterocycles. The van der Waals surface area contributed by atoms with Crippen LogP contribution in [-0.4, -0.2) is 43.8 Å². The van der Waals surface area contributed by atoms with E-state index in [2.05, 4.69) is 31.8 Å². The molecule has 0 aromatic heterocycles. The molecule has 0 aliphatic heterocycles. The van der Waals surface area contributed by atoms with E-state index in [1.54, 1.807) is 32.0 Å². The number of benzene rings is 2. The maximum Gasteiger partial charge on any atom is 0.344 e. The van der Waals surface area contributed by atoms with Crippen molar-refractivity contribution >= 4 is 45.6 Å². The zero-order chi connectivity index (χ0) is 24.2. The number of amides is 2. The predicted molar refractivity (Wildman–Crippen MR) is 123 cm³/mol. The third kappa shape index (κ3) is 8.53. The van der Waals surface area contributed by atoms with Crippen LogP contribution in [-0.2, 0) is 19.1 Å². The van der Waals surface area contributed by atoms with Crippen LogP contribution in [0, 0.1) is 5.82 Å². The molecule has 2 aromatic carbocycles. The van der Waals surface area contributed by atoms with Gasteiger partial charge >= 0.3 is 5.97 Å². The lowest BCUT2D eigenvalue weighted by Crippen LogP contribution is -2.24. The summed E-state index contributed by atoms with van der Waals surface area (Å²) in [7, 11) is 0. The maximum absolute atomic E-state index is 13.6. The highest BCUT2D eigenvalue weighted by Crippen LogP contribution is 2.36. The number of hydrogen-bond donors (Lipinski definition) is 2. The van der Waals surface area contributed by atoms with Crippen LogP contribution in [0.15, 0.2) is 46.0 Å². The summed E-state index contributed by atoms with van der Waals surface area (Å²) in [5, 5.41) is 6.14. The zero-order valence-electron chi connectivity index (χ0n) is 18.0. The van der Waals surface area contributed by atoms with Gasteiger partial charge in [0.2, 0.25) is 11.8 Å². The normalized spacial score (nSPS) is 10.5. The summed E-state index contributed by atoms with van der Waals surface area (Å²) in [6.45, 7) is 3.79. The van der Waals surface area contributed by atoms with Crippen molar-refractivity contribution in [2.75, 3.05) is 25.1 Å². The third-order valence-electron chi connectivity index (χ3n) is 3.84. The van der Waals surface area contributed by atoms with E-state index in [9.17, 15) is 18.8 Å². The van der Waals surface area contributed by atoms with Crippen LogP contribution in [0.4, 0.5) is 10.1 Å². The highest BCUT2D eigenvalue weighted by molar-refractivity contribution is 9.10. The molecule has 0 spiro atoms. The SMILES string of the molecule is CCOC(=O)COc1c(Br)cc(C=NNC(=O)CC(=O)Nc2ccccc2F)cc1OCC. The van der Waals surface area contributed by atoms with E-state index in [1.165, 1.54) is 24.4 Å². The van der Waals surface area contributed by atoms with Gasteiger partial charge < -0.3 is 19.5 Å². The maximum atomic E-state index is 13.6. The molecule has 9 nitrogen and oxygen atoms in total. The van der Waals surface area contributed by atoms with Gasteiger partial charge in [0.1, 0.15) is 12.2 Å². The molecule has 176 valence electrons. The molecule has 2 rings (SSSR count). The van der Waals surface area contributed by atoms with Crippen molar-refractivity contribution in [1.82, 2.24) is 5.43 Å². The fraction of sp³-hybridized carbons (Fsp3) is 0.273. The molecule has 33 heavy (non-hydrogen) atoms. The molecular formula is C22H23BrFN3O6. The van der Waals surface area contributed by atoms with Gasteiger partial charge in [-0.1, -0.05) is 12.1 Å². The van der Waals surface area contributed by atoms with Crippen LogP contribution in [0.5, 0.6) is 11.5 Å². The number of rotatable bonds is 11. The van der Waals surface area contributed by atoms with Crippen LogP contribution in [0.2, 0.25) is 0 Å². The molecular weight excluding hydrogens is 501 g/mol. The molecule has 0 saturated carbocycles. The Morgan fingerprint density at radius 3 is 2.55 bits per heavy atom. The van der Waals surface area contributed by atoms with E-state index in [4.69, 9.17) is 14.2 Å². The lowest BCUT2D eigenvalue weighted by molar-refractivity contribution is -0.145. The van der Waals surface area contributed by atoms with E-state index in [-0.39, 0.29) is 18.9 Å². The summed E-state index contributed by atoms with van der Waals surface area (Å²) in [6.07, 6.45) is 0.801. The van der Waals surface area contributed by atoms with Gasteiger partial charge in [-0.05, 0) is 59.6 Å². The molecule has 0 atom stereocenters. The smallest absolute Gasteiger partial charge is 0.344 e.